The summed E-state index contributed by atoms with van der Waals surface area (Å²) in [5.74, 6) is 1.25. The molecule has 2 atom stereocenters. The van der Waals surface area contributed by atoms with Crippen LogP contribution in [0.2, 0.25) is 0 Å². The van der Waals surface area contributed by atoms with Crippen molar-refractivity contribution in [1.82, 2.24) is 10.1 Å². The number of aliphatic hydroxyl groups excluding tert-OH is 1. The van der Waals surface area contributed by atoms with Gasteiger partial charge in [-0.1, -0.05) is 5.16 Å². The molecule has 3 aliphatic rings. The van der Waals surface area contributed by atoms with Crippen molar-refractivity contribution in [3.8, 4) is 0 Å². The number of rotatable bonds is 4. The SMILES string of the molecule is CCOC1CC(O)C12CCN(C(=O)c1cc(C3CC3)on1)CC2. The molecule has 1 aromatic rings. The lowest BCUT2D eigenvalue weighted by Gasteiger charge is -2.56. The van der Waals surface area contributed by atoms with Crippen molar-refractivity contribution in [3.63, 3.8) is 0 Å². The van der Waals surface area contributed by atoms with Gasteiger partial charge in [-0.25, -0.2) is 0 Å². The largest absolute Gasteiger partial charge is 0.392 e. The smallest absolute Gasteiger partial charge is 0.276 e. The van der Waals surface area contributed by atoms with E-state index >= 15 is 0 Å². The number of piperidine rings is 1. The minimum Gasteiger partial charge on any atom is -0.392 e. The van der Waals surface area contributed by atoms with E-state index in [-0.39, 0.29) is 23.5 Å². The van der Waals surface area contributed by atoms with Crippen molar-refractivity contribution in [3.05, 3.63) is 17.5 Å². The van der Waals surface area contributed by atoms with Crippen LogP contribution in [0.5, 0.6) is 0 Å². The van der Waals surface area contributed by atoms with Gasteiger partial charge in [0.2, 0.25) is 0 Å². The summed E-state index contributed by atoms with van der Waals surface area (Å²) >= 11 is 0. The second-order valence-corrected chi connectivity index (χ2v) is 7.11. The molecule has 0 aromatic carbocycles. The molecular weight excluding hydrogens is 296 g/mol. The van der Waals surface area contributed by atoms with Gasteiger partial charge in [-0.3, -0.25) is 4.79 Å². The van der Waals surface area contributed by atoms with Crippen LogP contribution >= 0.6 is 0 Å². The van der Waals surface area contributed by atoms with Crippen LogP contribution in [0, 0.1) is 5.41 Å². The van der Waals surface area contributed by atoms with Gasteiger partial charge in [0.1, 0.15) is 5.76 Å². The molecule has 4 rings (SSSR count). The van der Waals surface area contributed by atoms with Gasteiger partial charge in [-0.15, -0.1) is 0 Å². The number of carbonyl (C=O) groups is 1. The average Bonchev–Trinajstić information content (AvgIpc) is 3.31. The van der Waals surface area contributed by atoms with Crippen LogP contribution in [0.3, 0.4) is 0 Å². The Bertz CT molecular complexity index is 585. The number of aliphatic hydroxyl groups is 1. The number of ether oxygens (including phenoxy) is 1. The molecule has 2 saturated carbocycles. The summed E-state index contributed by atoms with van der Waals surface area (Å²) in [5, 5.41) is 14.2. The molecule has 2 aliphatic carbocycles. The number of hydrogen-bond donors (Lipinski definition) is 1. The van der Waals surface area contributed by atoms with Crippen LogP contribution in [-0.2, 0) is 4.74 Å². The zero-order chi connectivity index (χ0) is 16.0. The number of hydrogen-bond acceptors (Lipinski definition) is 5. The van der Waals surface area contributed by atoms with Crippen molar-refractivity contribution in [1.29, 1.82) is 0 Å². The van der Waals surface area contributed by atoms with E-state index in [1.54, 1.807) is 6.07 Å². The molecule has 2 heterocycles. The third kappa shape index (κ3) is 2.48. The molecule has 126 valence electrons. The quantitative estimate of drug-likeness (QED) is 0.917. The summed E-state index contributed by atoms with van der Waals surface area (Å²) in [6.07, 6.45) is 4.39. The Balaban J connectivity index is 1.39. The highest BCUT2D eigenvalue weighted by molar-refractivity contribution is 5.92. The number of amides is 1. The van der Waals surface area contributed by atoms with E-state index in [1.165, 1.54) is 0 Å². The van der Waals surface area contributed by atoms with Gasteiger partial charge in [-0.2, -0.15) is 0 Å². The summed E-state index contributed by atoms with van der Waals surface area (Å²) in [6, 6.07) is 1.80. The second-order valence-electron chi connectivity index (χ2n) is 7.11. The van der Waals surface area contributed by atoms with Gasteiger partial charge in [-0.05, 0) is 32.6 Å². The topological polar surface area (TPSA) is 75.8 Å². The summed E-state index contributed by atoms with van der Waals surface area (Å²) in [5.41, 5.74) is 0.258. The Morgan fingerprint density at radius 2 is 2.22 bits per heavy atom. The highest BCUT2D eigenvalue weighted by Gasteiger charge is 2.56. The Morgan fingerprint density at radius 3 is 2.83 bits per heavy atom. The predicted octanol–water partition coefficient (Wildman–Crippen LogP) is 1.94. The van der Waals surface area contributed by atoms with Crippen LogP contribution < -0.4 is 0 Å². The zero-order valence-corrected chi connectivity index (χ0v) is 13.5. The molecule has 1 N–H and O–H groups in total. The first-order valence-corrected chi connectivity index (χ1v) is 8.69. The Labute approximate surface area is 135 Å². The second kappa shape index (κ2) is 5.60. The van der Waals surface area contributed by atoms with Crippen LogP contribution in [-0.4, -0.2) is 53.0 Å². The molecule has 23 heavy (non-hydrogen) atoms. The van der Waals surface area contributed by atoms with Gasteiger partial charge in [0.25, 0.3) is 5.91 Å². The highest BCUT2D eigenvalue weighted by Crippen LogP contribution is 2.51. The standard InChI is InChI=1S/C17H24N2O4/c1-2-22-15-10-14(20)17(15)5-7-19(8-6-17)16(21)12-9-13(23-18-12)11-3-4-11/h9,11,14-15,20H,2-8,10H2,1H3. The molecule has 6 nitrogen and oxygen atoms in total. The number of carbonyl (C=O) groups excluding carboxylic acids is 1. The first kappa shape index (κ1) is 15.1. The fourth-order valence-electron chi connectivity index (χ4n) is 4.06. The third-order valence-corrected chi connectivity index (χ3v) is 5.82. The molecule has 1 amide bonds. The summed E-state index contributed by atoms with van der Waals surface area (Å²) < 4.78 is 11.1. The van der Waals surface area contributed by atoms with E-state index < -0.39 is 0 Å². The van der Waals surface area contributed by atoms with Crippen LogP contribution in [0.25, 0.3) is 0 Å². The Hall–Kier alpha value is -1.40. The Kier molecular flexibility index (Phi) is 3.69. The van der Waals surface area contributed by atoms with Crippen molar-refractivity contribution in [2.45, 2.75) is 57.2 Å². The maximum absolute atomic E-state index is 12.6. The highest BCUT2D eigenvalue weighted by atomic mass is 16.5. The first-order valence-electron chi connectivity index (χ1n) is 8.69. The lowest BCUT2D eigenvalue weighted by molar-refractivity contribution is -0.207. The van der Waals surface area contributed by atoms with E-state index in [0.717, 1.165) is 37.9 Å². The summed E-state index contributed by atoms with van der Waals surface area (Å²) in [7, 11) is 0. The monoisotopic (exact) mass is 320 g/mol. The van der Waals surface area contributed by atoms with Crippen molar-refractivity contribution >= 4 is 5.91 Å². The van der Waals surface area contributed by atoms with E-state index in [0.29, 0.717) is 31.3 Å². The summed E-state index contributed by atoms with van der Waals surface area (Å²) in [6.45, 7) is 3.94. The number of aromatic nitrogens is 1. The fraction of sp³-hybridized carbons (Fsp3) is 0.765. The van der Waals surface area contributed by atoms with E-state index in [1.807, 2.05) is 11.8 Å². The molecule has 2 unspecified atom stereocenters. The molecule has 6 heteroatoms. The first-order chi connectivity index (χ1) is 11.1. The average molecular weight is 320 g/mol. The molecule has 3 fully saturated rings. The van der Waals surface area contributed by atoms with Crippen molar-refractivity contribution < 1.29 is 19.2 Å². The maximum Gasteiger partial charge on any atom is 0.276 e. The number of likely N-dealkylation sites (tertiary alicyclic amines) is 1. The molecule has 1 aromatic heterocycles. The normalized spacial score (nSPS) is 29.6. The van der Waals surface area contributed by atoms with Crippen LogP contribution in [0.1, 0.15) is 61.2 Å². The molecule has 0 radical (unpaired) electrons. The van der Waals surface area contributed by atoms with Crippen LogP contribution in [0.15, 0.2) is 10.6 Å². The van der Waals surface area contributed by atoms with E-state index in [2.05, 4.69) is 5.16 Å². The summed E-state index contributed by atoms with van der Waals surface area (Å²) in [4.78, 5) is 14.4. The van der Waals surface area contributed by atoms with Crippen molar-refractivity contribution in [2.75, 3.05) is 19.7 Å². The zero-order valence-electron chi connectivity index (χ0n) is 13.5. The lowest BCUT2D eigenvalue weighted by Crippen LogP contribution is -2.62. The van der Waals surface area contributed by atoms with Gasteiger partial charge in [0, 0.05) is 43.5 Å². The van der Waals surface area contributed by atoms with E-state index in [9.17, 15) is 9.90 Å². The van der Waals surface area contributed by atoms with Gasteiger partial charge >= 0.3 is 0 Å². The Morgan fingerprint density at radius 1 is 1.48 bits per heavy atom. The van der Waals surface area contributed by atoms with Crippen LogP contribution in [0.4, 0.5) is 0 Å². The molecule has 0 bridgehead atoms. The predicted molar refractivity (Wildman–Crippen MR) is 82.1 cm³/mol. The minimum atomic E-state index is -0.301. The molecular formula is C17H24N2O4. The van der Waals surface area contributed by atoms with Gasteiger partial charge < -0.3 is 19.3 Å². The lowest BCUT2D eigenvalue weighted by atomic mass is 9.58. The molecule has 1 spiro atoms. The fourth-order valence-corrected chi connectivity index (χ4v) is 4.06. The minimum absolute atomic E-state index is 0.0581. The molecule has 1 saturated heterocycles. The maximum atomic E-state index is 12.6. The third-order valence-electron chi connectivity index (χ3n) is 5.82. The van der Waals surface area contributed by atoms with E-state index in [4.69, 9.17) is 9.26 Å². The van der Waals surface area contributed by atoms with Gasteiger partial charge in [0.05, 0.1) is 12.2 Å². The van der Waals surface area contributed by atoms with Gasteiger partial charge in [0.15, 0.2) is 5.69 Å². The van der Waals surface area contributed by atoms with Crippen molar-refractivity contribution in [2.24, 2.45) is 5.41 Å². The molecule has 1 aliphatic heterocycles. The number of nitrogens with zero attached hydrogens (tertiary/aromatic N) is 2.